The third-order valence-corrected chi connectivity index (χ3v) is 2.97. The maximum Gasteiger partial charge on any atom is 0.101 e. The predicted molar refractivity (Wildman–Crippen MR) is 75.4 cm³/mol. The molecule has 0 bridgehead atoms. The number of nitrogens with one attached hydrogen (secondary N) is 1. The van der Waals surface area contributed by atoms with Gasteiger partial charge in [0.15, 0.2) is 0 Å². The summed E-state index contributed by atoms with van der Waals surface area (Å²) < 4.78 is 0. The summed E-state index contributed by atoms with van der Waals surface area (Å²) in [6.45, 7) is 5.46. The Bertz CT molecular complexity index is 380. The molecule has 0 aliphatic rings. The van der Waals surface area contributed by atoms with Gasteiger partial charge in [-0.1, -0.05) is 39.5 Å². The van der Waals surface area contributed by atoms with Gasteiger partial charge in [-0.2, -0.15) is 5.26 Å². The zero-order chi connectivity index (χ0) is 13.2. The Hall–Kier alpha value is -1.56. The topological polar surface area (TPSA) is 48.7 Å². The molecule has 1 rings (SSSR count). The molecule has 0 atom stereocenters. The quantitative estimate of drug-likeness (QED) is 0.705. The Kier molecular flexibility index (Phi) is 6.86. The minimum Gasteiger partial charge on any atom is -0.383 e. The maximum absolute atomic E-state index is 8.93. The van der Waals surface area contributed by atoms with Gasteiger partial charge in [-0.05, 0) is 18.4 Å². The summed E-state index contributed by atoms with van der Waals surface area (Å²) in [6, 6.07) is 3.91. The number of nitriles is 1. The molecule has 0 saturated carbocycles. The molecule has 3 heteroatoms. The first-order valence-electron chi connectivity index (χ1n) is 6.82. The van der Waals surface area contributed by atoms with E-state index in [0.29, 0.717) is 5.56 Å². The van der Waals surface area contributed by atoms with Gasteiger partial charge in [-0.3, -0.25) is 4.98 Å². The molecule has 0 aliphatic carbocycles. The molecule has 0 unspecified atom stereocenters. The van der Waals surface area contributed by atoms with Gasteiger partial charge < -0.3 is 5.32 Å². The summed E-state index contributed by atoms with van der Waals surface area (Å²) in [5.74, 6) is 0.816. The molecule has 1 N–H and O–H groups in total. The average Bonchev–Trinajstić information content (AvgIpc) is 2.37. The standard InChI is InChI=1S/C15H23N3/c1-13(2)7-5-3-4-6-9-18-15-12-17-10-8-14(15)11-16/h8,10,12-13,18H,3-7,9H2,1-2H3. The summed E-state index contributed by atoms with van der Waals surface area (Å²) in [7, 11) is 0. The van der Waals surface area contributed by atoms with Gasteiger partial charge in [0, 0.05) is 12.7 Å². The molecule has 1 aromatic heterocycles. The number of nitrogens with zero attached hydrogens (tertiary/aromatic N) is 2. The molecule has 0 radical (unpaired) electrons. The van der Waals surface area contributed by atoms with Crippen molar-refractivity contribution in [1.82, 2.24) is 4.98 Å². The smallest absolute Gasteiger partial charge is 0.101 e. The minimum absolute atomic E-state index is 0.671. The van der Waals surface area contributed by atoms with Crippen LogP contribution in [-0.2, 0) is 0 Å². The molecule has 0 saturated heterocycles. The lowest BCUT2D eigenvalue weighted by molar-refractivity contribution is 0.523. The van der Waals surface area contributed by atoms with E-state index in [4.69, 9.17) is 5.26 Å². The van der Waals surface area contributed by atoms with Gasteiger partial charge in [0.05, 0.1) is 17.4 Å². The Balaban J connectivity index is 2.13. The van der Waals surface area contributed by atoms with E-state index in [-0.39, 0.29) is 0 Å². The molecule has 18 heavy (non-hydrogen) atoms. The van der Waals surface area contributed by atoms with Crippen molar-refractivity contribution >= 4 is 5.69 Å². The summed E-state index contributed by atoms with van der Waals surface area (Å²) in [4.78, 5) is 4.03. The SMILES string of the molecule is CC(C)CCCCCCNc1cnccc1C#N. The van der Waals surface area contributed by atoms with Crippen molar-refractivity contribution in [2.75, 3.05) is 11.9 Å². The first-order valence-corrected chi connectivity index (χ1v) is 6.82. The number of aromatic nitrogens is 1. The number of rotatable bonds is 8. The van der Waals surface area contributed by atoms with Crippen LogP contribution in [0.5, 0.6) is 0 Å². The van der Waals surface area contributed by atoms with E-state index in [0.717, 1.165) is 24.6 Å². The zero-order valence-electron chi connectivity index (χ0n) is 11.4. The number of hydrogen-bond donors (Lipinski definition) is 1. The second kappa shape index (κ2) is 8.52. The molecule has 0 spiro atoms. The van der Waals surface area contributed by atoms with E-state index in [2.05, 4.69) is 30.2 Å². The van der Waals surface area contributed by atoms with Crippen molar-refractivity contribution in [2.24, 2.45) is 5.92 Å². The van der Waals surface area contributed by atoms with Crippen LogP contribution in [0.25, 0.3) is 0 Å². The molecular weight excluding hydrogens is 222 g/mol. The molecule has 0 aliphatic heterocycles. The predicted octanol–water partition coefficient (Wildman–Crippen LogP) is 3.97. The fraction of sp³-hybridized carbons (Fsp3) is 0.600. The molecule has 0 fully saturated rings. The lowest BCUT2D eigenvalue weighted by Gasteiger charge is -2.07. The van der Waals surface area contributed by atoms with Crippen LogP contribution in [0.1, 0.15) is 51.5 Å². The maximum atomic E-state index is 8.93. The van der Waals surface area contributed by atoms with E-state index in [9.17, 15) is 0 Å². The fourth-order valence-electron chi connectivity index (χ4n) is 1.89. The largest absolute Gasteiger partial charge is 0.383 e. The van der Waals surface area contributed by atoms with E-state index in [1.807, 2.05) is 0 Å². The highest BCUT2D eigenvalue weighted by atomic mass is 14.9. The molecule has 0 amide bonds. The van der Waals surface area contributed by atoms with Crippen molar-refractivity contribution in [3.8, 4) is 6.07 Å². The summed E-state index contributed by atoms with van der Waals surface area (Å²) in [5, 5.41) is 12.2. The number of anilines is 1. The van der Waals surface area contributed by atoms with Crippen molar-refractivity contribution in [3.05, 3.63) is 24.0 Å². The Labute approximate surface area is 110 Å². The Morgan fingerprint density at radius 3 is 2.78 bits per heavy atom. The lowest BCUT2D eigenvalue weighted by Crippen LogP contribution is -2.03. The van der Waals surface area contributed by atoms with Crippen LogP contribution in [0.15, 0.2) is 18.5 Å². The first kappa shape index (κ1) is 14.5. The molecule has 1 heterocycles. The molecule has 98 valence electrons. The van der Waals surface area contributed by atoms with Gasteiger partial charge in [-0.25, -0.2) is 0 Å². The van der Waals surface area contributed by atoms with Crippen molar-refractivity contribution in [1.29, 1.82) is 5.26 Å². The first-order chi connectivity index (χ1) is 8.74. The van der Waals surface area contributed by atoms with Crippen LogP contribution in [0.4, 0.5) is 5.69 Å². The Morgan fingerprint density at radius 1 is 1.28 bits per heavy atom. The second-order valence-electron chi connectivity index (χ2n) is 5.06. The fourth-order valence-corrected chi connectivity index (χ4v) is 1.89. The van der Waals surface area contributed by atoms with Gasteiger partial charge in [0.25, 0.3) is 0 Å². The summed E-state index contributed by atoms with van der Waals surface area (Å²) >= 11 is 0. The lowest BCUT2D eigenvalue weighted by atomic mass is 10.0. The molecule has 3 nitrogen and oxygen atoms in total. The van der Waals surface area contributed by atoms with Gasteiger partial charge in [-0.15, -0.1) is 0 Å². The van der Waals surface area contributed by atoms with E-state index in [1.54, 1.807) is 18.5 Å². The van der Waals surface area contributed by atoms with Crippen molar-refractivity contribution in [3.63, 3.8) is 0 Å². The van der Waals surface area contributed by atoms with Crippen LogP contribution in [0.2, 0.25) is 0 Å². The summed E-state index contributed by atoms with van der Waals surface area (Å²) in [6.07, 6.45) is 9.73. The van der Waals surface area contributed by atoms with Gasteiger partial charge in [0.1, 0.15) is 6.07 Å². The van der Waals surface area contributed by atoms with E-state index < -0.39 is 0 Å². The zero-order valence-corrected chi connectivity index (χ0v) is 11.4. The van der Waals surface area contributed by atoms with Crippen LogP contribution in [0, 0.1) is 17.2 Å². The van der Waals surface area contributed by atoms with E-state index in [1.165, 1.54) is 25.7 Å². The highest BCUT2D eigenvalue weighted by Crippen LogP contribution is 2.13. The molecule has 0 aromatic carbocycles. The number of pyridine rings is 1. The number of unbranched alkanes of at least 4 members (excludes halogenated alkanes) is 3. The molecule has 1 aromatic rings. The van der Waals surface area contributed by atoms with Crippen LogP contribution in [0.3, 0.4) is 0 Å². The van der Waals surface area contributed by atoms with Gasteiger partial charge >= 0.3 is 0 Å². The normalized spacial score (nSPS) is 10.3. The average molecular weight is 245 g/mol. The van der Waals surface area contributed by atoms with Crippen LogP contribution >= 0.6 is 0 Å². The van der Waals surface area contributed by atoms with Crippen LogP contribution < -0.4 is 5.32 Å². The third kappa shape index (κ3) is 5.67. The van der Waals surface area contributed by atoms with E-state index >= 15 is 0 Å². The Morgan fingerprint density at radius 2 is 2.06 bits per heavy atom. The summed E-state index contributed by atoms with van der Waals surface area (Å²) in [5.41, 5.74) is 1.52. The monoisotopic (exact) mass is 245 g/mol. The van der Waals surface area contributed by atoms with Crippen molar-refractivity contribution in [2.45, 2.75) is 46.0 Å². The van der Waals surface area contributed by atoms with Crippen molar-refractivity contribution < 1.29 is 0 Å². The molecular formula is C15H23N3. The van der Waals surface area contributed by atoms with Gasteiger partial charge in [0.2, 0.25) is 0 Å². The highest BCUT2D eigenvalue weighted by Gasteiger charge is 2.00. The number of hydrogen-bond acceptors (Lipinski definition) is 3. The third-order valence-electron chi connectivity index (χ3n) is 2.97. The minimum atomic E-state index is 0.671. The second-order valence-corrected chi connectivity index (χ2v) is 5.06. The highest BCUT2D eigenvalue weighted by molar-refractivity contribution is 5.55. The van der Waals surface area contributed by atoms with Crippen LogP contribution in [-0.4, -0.2) is 11.5 Å².